The Bertz CT molecular complexity index is 1400. The molecule has 2 aliphatic heterocycles. The van der Waals surface area contributed by atoms with Crippen LogP contribution in [0.3, 0.4) is 0 Å². The molecule has 2 heterocycles. The summed E-state index contributed by atoms with van der Waals surface area (Å²) in [6.07, 6.45) is 5.09. The number of ether oxygens (including phenoxy) is 3. The lowest BCUT2D eigenvalue weighted by Crippen LogP contribution is -2.38. The lowest BCUT2D eigenvalue weighted by Gasteiger charge is -2.25. The van der Waals surface area contributed by atoms with Crippen molar-refractivity contribution in [3.63, 3.8) is 0 Å². The van der Waals surface area contributed by atoms with E-state index in [2.05, 4.69) is 9.73 Å². The number of hydrogen-bond acceptors (Lipinski definition) is 7. The minimum absolute atomic E-state index is 0.173. The first-order chi connectivity index (χ1) is 19.4. The molecule has 9 heteroatoms. The normalized spacial score (nSPS) is 18.4. The summed E-state index contributed by atoms with van der Waals surface area (Å²) < 4.78 is 46.6. The van der Waals surface area contributed by atoms with Crippen molar-refractivity contribution in [2.24, 2.45) is 5.10 Å². The maximum atomic E-state index is 13.5. The van der Waals surface area contributed by atoms with Gasteiger partial charge in [0.25, 0.3) is 0 Å². The number of hydrogen-bond donors (Lipinski definition) is 1. The van der Waals surface area contributed by atoms with Gasteiger partial charge in [-0.3, -0.25) is 5.01 Å². The topological polar surface area (TPSA) is 89.5 Å². The molecule has 0 spiro atoms. The monoisotopic (exact) mass is 563 g/mol. The van der Waals surface area contributed by atoms with Gasteiger partial charge in [0.2, 0.25) is 16.8 Å². The summed E-state index contributed by atoms with van der Waals surface area (Å²) in [6.45, 7) is 3.62. The summed E-state index contributed by atoms with van der Waals surface area (Å²) in [6, 6.07) is 22.6. The minimum atomic E-state index is -3.75. The van der Waals surface area contributed by atoms with Crippen molar-refractivity contribution < 1.29 is 22.6 Å². The standard InChI is InChI=1S/C31H37N3O5S/c1-23-10-13-29(14-11-23)40(35,36)33-27(17-24-7-4-3-5-8-24)18-26(20-32-34-16-6-9-28(34)21-37-2)25-12-15-30-31(19-25)39-22-38-30/h3-5,7-8,10-15,19-20,26-28,33H,6,9,16-18,21-22H2,1-2H3/b32-20+/t26-,27+,28-/m1/s1. The zero-order valence-corrected chi connectivity index (χ0v) is 23.8. The highest BCUT2D eigenvalue weighted by Gasteiger charge is 2.27. The molecule has 8 nitrogen and oxygen atoms in total. The van der Waals surface area contributed by atoms with Crippen LogP contribution >= 0.6 is 0 Å². The van der Waals surface area contributed by atoms with E-state index in [1.165, 1.54) is 0 Å². The van der Waals surface area contributed by atoms with Crippen molar-refractivity contribution in [1.82, 2.24) is 9.73 Å². The van der Waals surface area contributed by atoms with Crippen LogP contribution in [-0.4, -0.2) is 58.8 Å². The van der Waals surface area contributed by atoms with E-state index in [0.717, 1.165) is 36.1 Å². The number of sulfonamides is 1. The van der Waals surface area contributed by atoms with Gasteiger partial charge in [-0.2, -0.15) is 5.10 Å². The first-order valence-electron chi connectivity index (χ1n) is 13.7. The smallest absolute Gasteiger partial charge is 0.240 e. The second-order valence-electron chi connectivity index (χ2n) is 10.5. The van der Waals surface area contributed by atoms with E-state index in [1.807, 2.05) is 73.8 Å². The lowest BCUT2D eigenvalue weighted by atomic mass is 9.90. The summed E-state index contributed by atoms with van der Waals surface area (Å²) in [5, 5.41) is 6.99. The molecule has 0 unspecified atom stereocenters. The summed E-state index contributed by atoms with van der Waals surface area (Å²) in [5.74, 6) is 1.22. The Morgan fingerprint density at radius 1 is 1.07 bits per heavy atom. The van der Waals surface area contributed by atoms with Crippen molar-refractivity contribution in [3.05, 3.63) is 89.5 Å². The Hall–Kier alpha value is -3.40. The van der Waals surface area contributed by atoms with Crippen LogP contribution in [-0.2, 0) is 21.2 Å². The summed E-state index contributed by atoms with van der Waals surface area (Å²) in [7, 11) is -2.03. The number of rotatable bonds is 12. The van der Waals surface area contributed by atoms with Crippen LogP contribution in [0.1, 0.15) is 41.9 Å². The predicted octanol–water partition coefficient (Wildman–Crippen LogP) is 4.88. The van der Waals surface area contributed by atoms with Crippen molar-refractivity contribution in [3.8, 4) is 11.5 Å². The Morgan fingerprint density at radius 2 is 1.85 bits per heavy atom. The van der Waals surface area contributed by atoms with Gasteiger partial charge in [-0.1, -0.05) is 54.1 Å². The fourth-order valence-electron chi connectivity index (χ4n) is 5.31. The second kappa shape index (κ2) is 12.8. The third-order valence-corrected chi connectivity index (χ3v) is 8.98. The highest BCUT2D eigenvalue weighted by Crippen LogP contribution is 2.36. The van der Waals surface area contributed by atoms with E-state index < -0.39 is 10.0 Å². The largest absolute Gasteiger partial charge is 0.454 e. The minimum Gasteiger partial charge on any atom is -0.454 e. The van der Waals surface area contributed by atoms with Crippen LogP contribution in [0, 0.1) is 6.92 Å². The fourth-order valence-corrected chi connectivity index (χ4v) is 6.56. The number of hydrazone groups is 1. The SMILES string of the molecule is COC[C@H]1CCCN1/N=C/[C@@H](C[C@H](Cc1ccccc1)NS(=O)(=O)c1ccc(C)cc1)c1ccc2c(c1)OCO2. The van der Waals surface area contributed by atoms with Gasteiger partial charge in [0.05, 0.1) is 17.5 Å². The average Bonchev–Trinajstić information content (AvgIpc) is 3.60. The van der Waals surface area contributed by atoms with Crippen LogP contribution in [0.4, 0.5) is 0 Å². The van der Waals surface area contributed by atoms with Gasteiger partial charge in [0.1, 0.15) is 0 Å². The van der Waals surface area contributed by atoms with E-state index in [9.17, 15) is 8.42 Å². The van der Waals surface area contributed by atoms with Crippen molar-refractivity contribution in [1.29, 1.82) is 0 Å². The van der Waals surface area contributed by atoms with Crippen LogP contribution in [0.15, 0.2) is 82.8 Å². The van der Waals surface area contributed by atoms with Gasteiger partial charge in [-0.15, -0.1) is 0 Å². The predicted molar refractivity (Wildman–Crippen MR) is 155 cm³/mol. The number of methoxy groups -OCH3 is 1. The zero-order chi connectivity index (χ0) is 28.0. The van der Waals surface area contributed by atoms with Gasteiger partial charge >= 0.3 is 0 Å². The van der Waals surface area contributed by atoms with Gasteiger partial charge in [-0.05, 0) is 68.0 Å². The molecular formula is C31H37N3O5S. The van der Waals surface area contributed by atoms with Gasteiger partial charge in [-0.25, -0.2) is 13.1 Å². The molecule has 0 aromatic heterocycles. The molecule has 2 aliphatic rings. The molecule has 0 aliphatic carbocycles. The Labute approximate surface area is 237 Å². The van der Waals surface area contributed by atoms with Crippen LogP contribution in [0.25, 0.3) is 0 Å². The number of nitrogens with one attached hydrogen (secondary N) is 1. The van der Waals surface area contributed by atoms with Crippen molar-refractivity contribution in [2.45, 2.75) is 55.5 Å². The quantitative estimate of drug-likeness (QED) is 0.316. The maximum absolute atomic E-state index is 13.5. The van der Waals surface area contributed by atoms with Crippen molar-refractivity contribution in [2.75, 3.05) is 27.1 Å². The molecule has 212 valence electrons. The number of nitrogens with zero attached hydrogens (tertiary/aromatic N) is 2. The molecule has 0 radical (unpaired) electrons. The molecule has 1 saturated heterocycles. The summed E-state index contributed by atoms with van der Waals surface area (Å²) in [5.41, 5.74) is 3.05. The van der Waals surface area contributed by atoms with Crippen LogP contribution < -0.4 is 14.2 Å². The molecule has 5 rings (SSSR count). The molecular weight excluding hydrogens is 526 g/mol. The molecule has 0 bridgehead atoms. The van der Waals surface area contributed by atoms with Gasteiger partial charge in [0, 0.05) is 31.8 Å². The molecule has 3 atom stereocenters. The van der Waals surface area contributed by atoms with Gasteiger partial charge in [0.15, 0.2) is 11.5 Å². The highest BCUT2D eigenvalue weighted by atomic mass is 32.2. The fraction of sp³-hybridized carbons (Fsp3) is 0.387. The maximum Gasteiger partial charge on any atom is 0.240 e. The van der Waals surface area contributed by atoms with E-state index in [0.29, 0.717) is 30.9 Å². The van der Waals surface area contributed by atoms with E-state index in [1.54, 1.807) is 19.2 Å². The van der Waals surface area contributed by atoms with Crippen LogP contribution in [0.5, 0.6) is 11.5 Å². The van der Waals surface area contributed by atoms with Crippen LogP contribution in [0.2, 0.25) is 0 Å². The molecule has 1 N–H and O–H groups in total. The number of benzene rings is 3. The Kier molecular flexibility index (Phi) is 9.04. The lowest BCUT2D eigenvalue weighted by molar-refractivity contribution is 0.118. The second-order valence-corrected chi connectivity index (χ2v) is 12.2. The summed E-state index contributed by atoms with van der Waals surface area (Å²) >= 11 is 0. The number of aryl methyl sites for hydroxylation is 1. The number of fused-ring (bicyclic) bond motifs is 1. The third kappa shape index (κ3) is 7.02. The third-order valence-electron chi connectivity index (χ3n) is 7.44. The van der Waals surface area contributed by atoms with Crippen molar-refractivity contribution >= 4 is 16.2 Å². The molecule has 40 heavy (non-hydrogen) atoms. The van der Waals surface area contributed by atoms with E-state index >= 15 is 0 Å². The Morgan fingerprint density at radius 3 is 2.62 bits per heavy atom. The van der Waals surface area contributed by atoms with Gasteiger partial charge < -0.3 is 14.2 Å². The molecule has 3 aromatic rings. The zero-order valence-electron chi connectivity index (χ0n) is 23.0. The first kappa shape index (κ1) is 28.1. The van der Waals surface area contributed by atoms with E-state index in [-0.39, 0.29) is 29.7 Å². The molecule has 0 amide bonds. The molecule has 0 saturated carbocycles. The molecule has 3 aromatic carbocycles. The average molecular weight is 564 g/mol. The Balaban J connectivity index is 1.45. The first-order valence-corrected chi connectivity index (χ1v) is 15.2. The summed E-state index contributed by atoms with van der Waals surface area (Å²) in [4.78, 5) is 0.254. The molecule has 1 fully saturated rings. The van der Waals surface area contributed by atoms with E-state index in [4.69, 9.17) is 19.3 Å². The highest BCUT2D eigenvalue weighted by molar-refractivity contribution is 7.89.